The van der Waals surface area contributed by atoms with Crippen molar-refractivity contribution in [3.63, 3.8) is 0 Å². The van der Waals surface area contributed by atoms with Gasteiger partial charge in [-0.1, -0.05) is 13.3 Å². The van der Waals surface area contributed by atoms with Gasteiger partial charge in [-0.2, -0.15) is 0 Å². The molecule has 0 N–H and O–H groups in total. The number of hydrogen-bond donors (Lipinski definition) is 0. The van der Waals surface area contributed by atoms with E-state index in [1.165, 1.54) is 0 Å². The van der Waals surface area contributed by atoms with Crippen LogP contribution in [-0.4, -0.2) is 31.7 Å². The maximum atomic E-state index is 11.6. The van der Waals surface area contributed by atoms with E-state index in [2.05, 4.69) is 11.9 Å². The second-order valence-corrected chi connectivity index (χ2v) is 3.79. The van der Waals surface area contributed by atoms with Gasteiger partial charge in [-0.15, -0.1) is 0 Å². The average Bonchev–Trinajstić information content (AvgIpc) is 2.29. The lowest BCUT2D eigenvalue weighted by Crippen LogP contribution is -2.12. The van der Waals surface area contributed by atoms with Crippen LogP contribution in [0.3, 0.4) is 0 Å². The molecule has 88 valence electrons. The summed E-state index contributed by atoms with van der Waals surface area (Å²) in [6.45, 7) is 2.54. The quantitative estimate of drug-likeness (QED) is 0.565. The number of carbonyl (C=O) groups is 1. The van der Waals surface area contributed by atoms with Crippen LogP contribution in [0.5, 0.6) is 0 Å². The van der Waals surface area contributed by atoms with Crippen LogP contribution in [0.15, 0.2) is 18.3 Å². The number of unbranched alkanes of at least 4 members (excludes halogenated alkanes) is 1. The van der Waals surface area contributed by atoms with Gasteiger partial charge < -0.3 is 9.64 Å². The van der Waals surface area contributed by atoms with E-state index in [4.69, 9.17) is 4.74 Å². The normalized spacial score (nSPS) is 9.94. The number of rotatable bonds is 5. The van der Waals surface area contributed by atoms with Gasteiger partial charge in [0.1, 0.15) is 5.82 Å². The number of pyridine rings is 1. The van der Waals surface area contributed by atoms with Crippen molar-refractivity contribution < 1.29 is 9.53 Å². The second kappa shape index (κ2) is 6.10. The van der Waals surface area contributed by atoms with E-state index in [1.807, 2.05) is 19.0 Å². The molecule has 16 heavy (non-hydrogen) atoms. The van der Waals surface area contributed by atoms with Crippen molar-refractivity contribution in [1.82, 2.24) is 4.98 Å². The summed E-state index contributed by atoms with van der Waals surface area (Å²) in [6, 6.07) is 3.40. The molecule has 0 radical (unpaired) electrons. The molecule has 1 rings (SSSR count). The van der Waals surface area contributed by atoms with Crippen LogP contribution in [0.25, 0.3) is 0 Å². The van der Waals surface area contributed by atoms with Crippen molar-refractivity contribution in [2.24, 2.45) is 0 Å². The van der Waals surface area contributed by atoms with Crippen LogP contribution >= 0.6 is 0 Å². The van der Waals surface area contributed by atoms with Gasteiger partial charge in [0, 0.05) is 20.3 Å². The maximum Gasteiger partial charge on any atom is 0.338 e. The van der Waals surface area contributed by atoms with Crippen LogP contribution in [0.2, 0.25) is 0 Å². The summed E-state index contributed by atoms with van der Waals surface area (Å²) < 4.78 is 5.12. The highest BCUT2D eigenvalue weighted by molar-refractivity contribution is 5.90. The molecule has 0 saturated carbocycles. The molecule has 0 atom stereocenters. The summed E-state index contributed by atoms with van der Waals surface area (Å²) in [4.78, 5) is 17.6. The van der Waals surface area contributed by atoms with Gasteiger partial charge in [-0.05, 0) is 18.6 Å². The van der Waals surface area contributed by atoms with Gasteiger partial charge in [-0.25, -0.2) is 9.78 Å². The molecule has 0 aromatic carbocycles. The minimum atomic E-state index is -0.279. The first-order chi connectivity index (χ1) is 7.65. The highest BCUT2D eigenvalue weighted by Gasteiger charge is 2.08. The first-order valence-electron chi connectivity index (χ1n) is 5.45. The molecule has 0 bridgehead atoms. The molecule has 1 aromatic heterocycles. The Morgan fingerprint density at radius 3 is 2.88 bits per heavy atom. The summed E-state index contributed by atoms with van der Waals surface area (Å²) in [5, 5.41) is 0. The molecule has 4 nitrogen and oxygen atoms in total. The third-order valence-electron chi connectivity index (χ3n) is 2.17. The Morgan fingerprint density at radius 1 is 1.50 bits per heavy atom. The standard InChI is InChI=1S/C12H18N2O2/c1-4-5-8-16-12(15)10-6-7-13-11(9-10)14(2)3/h6-7,9H,4-5,8H2,1-3H3. The minimum Gasteiger partial charge on any atom is -0.462 e. The van der Waals surface area contributed by atoms with Crippen molar-refractivity contribution in [3.8, 4) is 0 Å². The van der Waals surface area contributed by atoms with E-state index in [0.717, 1.165) is 18.7 Å². The smallest absolute Gasteiger partial charge is 0.338 e. The number of anilines is 1. The Labute approximate surface area is 96.2 Å². The lowest BCUT2D eigenvalue weighted by molar-refractivity contribution is 0.0499. The van der Waals surface area contributed by atoms with Gasteiger partial charge in [0.05, 0.1) is 12.2 Å². The molecule has 0 saturated heterocycles. The Kier molecular flexibility index (Phi) is 4.76. The van der Waals surface area contributed by atoms with Crippen LogP contribution in [0.4, 0.5) is 5.82 Å². The Balaban J connectivity index is 2.64. The van der Waals surface area contributed by atoms with Crippen LogP contribution in [0, 0.1) is 0 Å². The summed E-state index contributed by atoms with van der Waals surface area (Å²) >= 11 is 0. The molecular weight excluding hydrogens is 204 g/mol. The number of ether oxygens (including phenoxy) is 1. The van der Waals surface area contributed by atoms with Crippen molar-refractivity contribution in [2.45, 2.75) is 19.8 Å². The van der Waals surface area contributed by atoms with E-state index in [1.54, 1.807) is 18.3 Å². The van der Waals surface area contributed by atoms with E-state index in [0.29, 0.717) is 12.2 Å². The summed E-state index contributed by atoms with van der Waals surface area (Å²) in [7, 11) is 3.77. The predicted octanol–water partition coefficient (Wildman–Crippen LogP) is 2.10. The van der Waals surface area contributed by atoms with Gasteiger partial charge >= 0.3 is 5.97 Å². The Morgan fingerprint density at radius 2 is 2.25 bits per heavy atom. The van der Waals surface area contributed by atoms with Crippen LogP contribution in [-0.2, 0) is 4.74 Å². The van der Waals surface area contributed by atoms with Gasteiger partial charge in [-0.3, -0.25) is 0 Å². The fourth-order valence-electron chi connectivity index (χ4n) is 1.18. The zero-order valence-corrected chi connectivity index (χ0v) is 10.1. The van der Waals surface area contributed by atoms with Crippen LogP contribution in [0.1, 0.15) is 30.1 Å². The number of esters is 1. The number of nitrogens with zero attached hydrogens (tertiary/aromatic N) is 2. The molecule has 4 heteroatoms. The topological polar surface area (TPSA) is 42.4 Å². The van der Waals surface area contributed by atoms with Gasteiger partial charge in [0.25, 0.3) is 0 Å². The highest BCUT2D eigenvalue weighted by Crippen LogP contribution is 2.10. The van der Waals surface area contributed by atoms with Crippen molar-refractivity contribution >= 4 is 11.8 Å². The average molecular weight is 222 g/mol. The Hall–Kier alpha value is -1.58. The van der Waals surface area contributed by atoms with E-state index in [-0.39, 0.29) is 5.97 Å². The first kappa shape index (κ1) is 12.5. The molecule has 1 heterocycles. The lowest BCUT2D eigenvalue weighted by Gasteiger charge is -2.11. The molecule has 0 unspecified atom stereocenters. The van der Waals surface area contributed by atoms with Crippen molar-refractivity contribution in [1.29, 1.82) is 0 Å². The molecule has 0 aliphatic carbocycles. The first-order valence-corrected chi connectivity index (χ1v) is 5.45. The largest absolute Gasteiger partial charge is 0.462 e. The van der Waals surface area contributed by atoms with Gasteiger partial charge in [0.2, 0.25) is 0 Å². The van der Waals surface area contributed by atoms with E-state index in [9.17, 15) is 4.79 Å². The summed E-state index contributed by atoms with van der Waals surface area (Å²) in [5.74, 6) is 0.476. The maximum absolute atomic E-state index is 11.6. The highest BCUT2D eigenvalue weighted by atomic mass is 16.5. The summed E-state index contributed by atoms with van der Waals surface area (Å²) in [6.07, 6.45) is 3.54. The Bertz CT molecular complexity index is 351. The second-order valence-electron chi connectivity index (χ2n) is 3.79. The molecular formula is C12H18N2O2. The zero-order valence-electron chi connectivity index (χ0n) is 10.1. The molecule has 0 amide bonds. The number of hydrogen-bond acceptors (Lipinski definition) is 4. The van der Waals surface area contributed by atoms with Crippen LogP contribution < -0.4 is 4.90 Å². The molecule has 0 aliphatic rings. The fraction of sp³-hybridized carbons (Fsp3) is 0.500. The van der Waals surface area contributed by atoms with Crippen molar-refractivity contribution in [3.05, 3.63) is 23.9 Å². The molecule has 0 fully saturated rings. The van der Waals surface area contributed by atoms with E-state index < -0.39 is 0 Å². The molecule has 1 aromatic rings. The van der Waals surface area contributed by atoms with Gasteiger partial charge in [0.15, 0.2) is 0 Å². The SMILES string of the molecule is CCCCOC(=O)c1ccnc(N(C)C)c1. The predicted molar refractivity (Wildman–Crippen MR) is 63.8 cm³/mol. The number of carbonyl (C=O) groups excluding carboxylic acids is 1. The third kappa shape index (κ3) is 3.53. The summed E-state index contributed by atoms with van der Waals surface area (Å²) in [5.41, 5.74) is 0.551. The van der Waals surface area contributed by atoms with Crippen molar-refractivity contribution in [2.75, 3.05) is 25.6 Å². The number of aromatic nitrogens is 1. The fourth-order valence-corrected chi connectivity index (χ4v) is 1.18. The third-order valence-corrected chi connectivity index (χ3v) is 2.17. The lowest BCUT2D eigenvalue weighted by atomic mass is 10.2. The molecule has 0 spiro atoms. The molecule has 0 aliphatic heterocycles. The zero-order chi connectivity index (χ0) is 12.0. The minimum absolute atomic E-state index is 0.279. The van der Waals surface area contributed by atoms with E-state index >= 15 is 0 Å². The monoisotopic (exact) mass is 222 g/mol.